The molecule has 1 aliphatic heterocycles. The first-order valence-electron chi connectivity index (χ1n) is 11.8. The van der Waals surface area contributed by atoms with Crippen LogP contribution < -0.4 is 10.6 Å². The molecule has 0 unspecified atom stereocenters. The van der Waals surface area contributed by atoms with Gasteiger partial charge in [-0.2, -0.15) is 0 Å². The minimum atomic E-state index is -0.423. The SMILES string of the molecule is COC(=O)CCc1cccc(C(Nc2ccc(Cn3ccnc3)cc2)=C2C(=O)Nc3cc(F)ccc32)c1. The van der Waals surface area contributed by atoms with Gasteiger partial charge < -0.3 is 19.9 Å². The van der Waals surface area contributed by atoms with Gasteiger partial charge in [-0.1, -0.05) is 30.3 Å². The number of methoxy groups -OCH3 is 1. The van der Waals surface area contributed by atoms with E-state index in [2.05, 4.69) is 15.6 Å². The molecule has 1 aromatic heterocycles. The minimum Gasteiger partial charge on any atom is -0.469 e. The molecule has 0 aliphatic carbocycles. The van der Waals surface area contributed by atoms with Crippen LogP contribution in [-0.2, 0) is 27.3 Å². The third-order valence-electron chi connectivity index (χ3n) is 6.18. The number of halogens is 1. The minimum absolute atomic E-state index is 0.250. The molecular weight excluding hydrogens is 471 g/mol. The molecule has 2 heterocycles. The Morgan fingerprint density at radius 2 is 1.92 bits per heavy atom. The van der Waals surface area contributed by atoms with Crippen molar-refractivity contribution in [2.24, 2.45) is 0 Å². The van der Waals surface area contributed by atoms with Gasteiger partial charge in [-0.05, 0) is 59.5 Å². The fourth-order valence-electron chi connectivity index (χ4n) is 4.33. The summed E-state index contributed by atoms with van der Waals surface area (Å²) < 4.78 is 20.6. The first-order chi connectivity index (χ1) is 18.0. The van der Waals surface area contributed by atoms with Crippen LogP contribution in [-0.4, -0.2) is 28.5 Å². The summed E-state index contributed by atoms with van der Waals surface area (Å²) in [6.07, 6.45) is 6.16. The van der Waals surface area contributed by atoms with Crippen molar-refractivity contribution in [1.29, 1.82) is 0 Å². The summed E-state index contributed by atoms with van der Waals surface area (Å²) in [6, 6.07) is 19.8. The molecule has 186 valence electrons. The number of anilines is 2. The highest BCUT2D eigenvalue weighted by atomic mass is 19.1. The summed E-state index contributed by atoms with van der Waals surface area (Å²) >= 11 is 0. The molecule has 3 aromatic carbocycles. The molecule has 0 fully saturated rings. The monoisotopic (exact) mass is 496 g/mol. The fourth-order valence-corrected chi connectivity index (χ4v) is 4.33. The fraction of sp³-hybridized carbons (Fsp3) is 0.138. The van der Waals surface area contributed by atoms with Crippen molar-refractivity contribution in [3.05, 3.63) is 114 Å². The largest absolute Gasteiger partial charge is 0.469 e. The van der Waals surface area contributed by atoms with Gasteiger partial charge in [-0.25, -0.2) is 9.37 Å². The summed E-state index contributed by atoms with van der Waals surface area (Å²) in [5.41, 5.74) is 5.64. The predicted octanol–water partition coefficient (Wildman–Crippen LogP) is 5.11. The quantitative estimate of drug-likeness (QED) is 0.262. The number of aryl methyl sites for hydroxylation is 1. The zero-order chi connectivity index (χ0) is 25.8. The van der Waals surface area contributed by atoms with Gasteiger partial charge in [-0.15, -0.1) is 0 Å². The highest BCUT2D eigenvalue weighted by Crippen LogP contribution is 2.38. The molecule has 5 rings (SSSR count). The van der Waals surface area contributed by atoms with Crippen LogP contribution in [0.3, 0.4) is 0 Å². The van der Waals surface area contributed by atoms with Crippen LogP contribution in [0.2, 0.25) is 0 Å². The number of hydrogen-bond donors (Lipinski definition) is 2. The highest BCUT2D eigenvalue weighted by molar-refractivity contribution is 6.37. The van der Waals surface area contributed by atoms with Gasteiger partial charge in [0.15, 0.2) is 0 Å². The first kappa shape index (κ1) is 24.0. The number of aromatic nitrogens is 2. The van der Waals surface area contributed by atoms with Crippen molar-refractivity contribution in [3.63, 3.8) is 0 Å². The lowest BCUT2D eigenvalue weighted by atomic mass is 9.97. The van der Waals surface area contributed by atoms with E-state index in [4.69, 9.17) is 4.74 Å². The van der Waals surface area contributed by atoms with E-state index >= 15 is 0 Å². The van der Waals surface area contributed by atoms with Crippen molar-refractivity contribution in [2.45, 2.75) is 19.4 Å². The van der Waals surface area contributed by atoms with Gasteiger partial charge >= 0.3 is 5.97 Å². The number of carbonyl (C=O) groups is 2. The molecule has 0 saturated carbocycles. The molecule has 7 nitrogen and oxygen atoms in total. The van der Waals surface area contributed by atoms with E-state index in [1.165, 1.54) is 19.2 Å². The maximum absolute atomic E-state index is 13.9. The van der Waals surface area contributed by atoms with E-state index in [1.54, 1.807) is 18.6 Å². The van der Waals surface area contributed by atoms with Crippen molar-refractivity contribution in [1.82, 2.24) is 9.55 Å². The number of hydrogen-bond acceptors (Lipinski definition) is 5. The summed E-state index contributed by atoms with van der Waals surface area (Å²) in [4.78, 5) is 28.9. The van der Waals surface area contributed by atoms with E-state index in [-0.39, 0.29) is 18.3 Å². The summed E-state index contributed by atoms with van der Waals surface area (Å²) in [7, 11) is 1.37. The first-order valence-corrected chi connectivity index (χ1v) is 11.8. The molecule has 0 atom stereocenters. The van der Waals surface area contributed by atoms with Crippen molar-refractivity contribution in [3.8, 4) is 0 Å². The number of amides is 1. The second kappa shape index (κ2) is 10.5. The van der Waals surface area contributed by atoms with Crippen LogP contribution in [0.5, 0.6) is 0 Å². The third kappa shape index (κ3) is 5.43. The van der Waals surface area contributed by atoms with Crippen molar-refractivity contribution < 1.29 is 18.7 Å². The number of rotatable bonds is 8. The van der Waals surface area contributed by atoms with Crippen LogP contribution in [0.4, 0.5) is 15.8 Å². The lowest BCUT2D eigenvalue weighted by Crippen LogP contribution is -2.10. The Kier molecular flexibility index (Phi) is 6.81. The second-order valence-corrected chi connectivity index (χ2v) is 8.73. The number of carbonyl (C=O) groups excluding carboxylic acids is 2. The molecule has 37 heavy (non-hydrogen) atoms. The van der Waals surface area contributed by atoms with E-state index in [1.807, 2.05) is 59.3 Å². The molecule has 8 heteroatoms. The van der Waals surface area contributed by atoms with E-state index in [0.717, 1.165) is 22.4 Å². The van der Waals surface area contributed by atoms with Crippen LogP contribution >= 0.6 is 0 Å². The van der Waals surface area contributed by atoms with Crippen LogP contribution in [0.25, 0.3) is 11.3 Å². The molecule has 4 aromatic rings. The Balaban J connectivity index is 1.52. The van der Waals surface area contributed by atoms with Gasteiger partial charge in [0, 0.05) is 36.6 Å². The molecule has 0 radical (unpaired) electrons. The molecule has 1 aliphatic rings. The zero-order valence-electron chi connectivity index (χ0n) is 20.2. The standard InChI is InChI=1S/C29H25FN4O3/c1-37-26(35)12-7-19-3-2-4-21(15-19)28(27-24-11-8-22(30)16-25(24)33-29(27)36)32-23-9-5-20(6-10-23)17-34-14-13-31-18-34/h2-6,8-11,13-16,18,32H,7,12,17H2,1H3,(H,33,36). The number of ether oxygens (including phenoxy) is 1. The van der Waals surface area contributed by atoms with Gasteiger partial charge in [0.25, 0.3) is 5.91 Å². The van der Waals surface area contributed by atoms with Gasteiger partial charge in [-0.3, -0.25) is 9.59 Å². The molecule has 2 N–H and O–H groups in total. The number of esters is 1. The van der Waals surface area contributed by atoms with E-state index in [9.17, 15) is 14.0 Å². The van der Waals surface area contributed by atoms with Crippen molar-refractivity contribution >= 4 is 34.5 Å². The van der Waals surface area contributed by atoms with Crippen LogP contribution in [0, 0.1) is 5.82 Å². The zero-order valence-corrected chi connectivity index (χ0v) is 20.2. The Bertz CT molecular complexity index is 1480. The summed E-state index contributed by atoms with van der Waals surface area (Å²) in [6.45, 7) is 0.692. The highest BCUT2D eigenvalue weighted by Gasteiger charge is 2.29. The number of imidazole rings is 1. The summed E-state index contributed by atoms with van der Waals surface area (Å²) in [5, 5.41) is 6.20. The number of nitrogens with one attached hydrogen (secondary N) is 2. The Morgan fingerprint density at radius 1 is 1.08 bits per heavy atom. The smallest absolute Gasteiger partial charge is 0.305 e. The maximum Gasteiger partial charge on any atom is 0.305 e. The summed E-state index contributed by atoms with van der Waals surface area (Å²) in [5.74, 6) is -1.03. The van der Waals surface area contributed by atoms with Crippen LogP contribution in [0.1, 0.15) is 28.7 Å². The average molecular weight is 497 g/mol. The topological polar surface area (TPSA) is 85.2 Å². The van der Waals surface area contributed by atoms with Gasteiger partial charge in [0.1, 0.15) is 5.82 Å². The van der Waals surface area contributed by atoms with Gasteiger partial charge in [0.05, 0.1) is 30.4 Å². The third-order valence-corrected chi connectivity index (χ3v) is 6.18. The molecule has 0 saturated heterocycles. The normalized spacial score (nSPS) is 13.6. The lowest BCUT2D eigenvalue weighted by molar-refractivity contribution is -0.140. The second-order valence-electron chi connectivity index (χ2n) is 8.73. The number of nitrogens with zero attached hydrogens (tertiary/aromatic N) is 2. The average Bonchev–Trinajstić information content (AvgIpc) is 3.53. The van der Waals surface area contributed by atoms with Crippen LogP contribution in [0.15, 0.2) is 85.5 Å². The maximum atomic E-state index is 13.9. The number of benzene rings is 3. The molecular formula is C29H25FN4O3. The molecule has 0 spiro atoms. The lowest BCUT2D eigenvalue weighted by Gasteiger charge is -2.16. The molecule has 0 bridgehead atoms. The van der Waals surface area contributed by atoms with E-state index in [0.29, 0.717) is 35.5 Å². The predicted molar refractivity (Wildman–Crippen MR) is 140 cm³/mol. The Hall–Kier alpha value is -4.72. The molecule has 1 amide bonds. The van der Waals surface area contributed by atoms with Gasteiger partial charge in [0.2, 0.25) is 0 Å². The number of fused-ring (bicyclic) bond motifs is 1. The van der Waals surface area contributed by atoms with Crippen molar-refractivity contribution in [2.75, 3.05) is 17.7 Å². The van der Waals surface area contributed by atoms with E-state index < -0.39 is 5.82 Å². The Morgan fingerprint density at radius 3 is 2.68 bits per heavy atom. The Labute approximate surface area is 213 Å².